The second-order valence-electron chi connectivity index (χ2n) is 5.74. The van der Waals surface area contributed by atoms with Crippen LogP contribution in [0.3, 0.4) is 0 Å². The number of rotatable bonds is 4. The predicted molar refractivity (Wildman–Crippen MR) is 91.5 cm³/mol. The van der Waals surface area contributed by atoms with E-state index < -0.39 is 0 Å². The normalized spacial score (nSPS) is 10.9. The largest absolute Gasteiger partial charge is 0.333 e. The molecule has 1 aromatic carbocycles. The number of pyridine rings is 1. The molecule has 0 atom stereocenters. The standard InChI is InChI=1S/C19H21N3O/c1-4-21(13-16-10-6-5-7-11-16)19(23)17-15(3)20-18-14(2)9-8-12-22(17)18/h5-12H,4,13H2,1-3H3. The molecule has 3 rings (SSSR count). The average Bonchev–Trinajstić information content (AvgIpc) is 2.90. The van der Waals surface area contributed by atoms with E-state index in [4.69, 9.17) is 0 Å². The van der Waals surface area contributed by atoms with Crippen LogP contribution in [0, 0.1) is 13.8 Å². The van der Waals surface area contributed by atoms with Gasteiger partial charge in [0, 0.05) is 19.3 Å². The van der Waals surface area contributed by atoms with Gasteiger partial charge < -0.3 is 4.90 Å². The van der Waals surface area contributed by atoms with Gasteiger partial charge in [-0.3, -0.25) is 9.20 Å². The number of hydrogen-bond acceptors (Lipinski definition) is 2. The molecule has 3 aromatic rings. The summed E-state index contributed by atoms with van der Waals surface area (Å²) in [6.45, 7) is 7.18. The molecule has 4 nitrogen and oxygen atoms in total. The first kappa shape index (κ1) is 15.3. The molecule has 0 unspecified atom stereocenters. The van der Waals surface area contributed by atoms with E-state index in [1.54, 1.807) is 0 Å². The molecule has 0 bridgehead atoms. The van der Waals surface area contributed by atoms with Crippen LogP contribution in [0.5, 0.6) is 0 Å². The van der Waals surface area contributed by atoms with Crippen LogP contribution in [-0.4, -0.2) is 26.7 Å². The van der Waals surface area contributed by atoms with E-state index in [1.807, 2.05) is 78.7 Å². The number of benzene rings is 1. The van der Waals surface area contributed by atoms with Gasteiger partial charge in [0.25, 0.3) is 5.91 Å². The van der Waals surface area contributed by atoms with Gasteiger partial charge in [-0.1, -0.05) is 36.4 Å². The summed E-state index contributed by atoms with van der Waals surface area (Å²) in [6, 6.07) is 14.0. The summed E-state index contributed by atoms with van der Waals surface area (Å²) in [5.74, 6) is 0.0203. The maximum atomic E-state index is 13.1. The molecule has 0 fully saturated rings. The number of hydrogen-bond donors (Lipinski definition) is 0. The Morgan fingerprint density at radius 3 is 2.57 bits per heavy atom. The lowest BCUT2D eigenvalue weighted by Gasteiger charge is -2.21. The third-order valence-electron chi connectivity index (χ3n) is 4.11. The molecule has 4 heteroatoms. The van der Waals surface area contributed by atoms with Crippen molar-refractivity contribution >= 4 is 11.6 Å². The molecule has 0 aliphatic rings. The minimum absolute atomic E-state index is 0.0203. The molecule has 118 valence electrons. The van der Waals surface area contributed by atoms with E-state index in [-0.39, 0.29) is 5.91 Å². The van der Waals surface area contributed by atoms with Gasteiger partial charge in [0.2, 0.25) is 0 Å². The summed E-state index contributed by atoms with van der Waals surface area (Å²) < 4.78 is 1.90. The summed E-state index contributed by atoms with van der Waals surface area (Å²) in [5, 5.41) is 0. The molecule has 1 amide bonds. The van der Waals surface area contributed by atoms with Crippen LogP contribution in [0.2, 0.25) is 0 Å². The first-order valence-corrected chi connectivity index (χ1v) is 7.89. The number of amides is 1. The number of imidazole rings is 1. The third kappa shape index (κ3) is 2.84. The lowest BCUT2D eigenvalue weighted by molar-refractivity contribution is 0.0745. The van der Waals surface area contributed by atoms with E-state index in [2.05, 4.69) is 4.98 Å². The zero-order chi connectivity index (χ0) is 16.4. The Kier molecular flexibility index (Phi) is 4.15. The van der Waals surface area contributed by atoms with Crippen molar-refractivity contribution in [3.63, 3.8) is 0 Å². The number of carbonyl (C=O) groups excluding carboxylic acids is 1. The van der Waals surface area contributed by atoms with E-state index in [0.29, 0.717) is 18.8 Å². The Labute approximate surface area is 136 Å². The number of carbonyl (C=O) groups is 1. The van der Waals surface area contributed by atoms with Gasteiger partial charge in [0.05, 0.1) is 5.69 Å². The molecule has 0 aliphatic carbocycles. The summed E-state index contributed by atoms with van der Waals surface area (Å²) in [4.78, 5) is 19.5. The van der Waals surface area contributed by atoms with Crippen LogP contribution >= 0.6 is 0 Å². The van der Waals surface area contributed by atoms with Gasteiger partial charge >= 0.3 is 0 Å². The van der Waals surface area contributed by atoms with E-state index >= 15 is 0 Å². The van der Waals surface area contributed by atoms with Crippen molar-refractivity contribution in [1.29, 1.82) is 0 Å². The van der Waals surface area contributed by atoms with Crippen molar-refractivity contribution in [2.24, 2.45) is 0 Å². The molecule has 0 saturated carbocycles. The molecular formula is C19H21N3O. The first-order valence-electron chi connectivity index (χ1n) is 7.89. The Morgan fingerprint density at radius 2 is 1.87 bits per heavy atom. The van der Waals surface area contributed by atoms with Gasteiger partial charge in [-0.25, -0.2) is 4.98 Å². The molecule has 0 aliphatic heterocycles. The first-order chi connectivity index (χ1) is 11.1. The third-order valence-corrected chi connectivity index (χ3v) is 4.11. The van der Waals surface area contributed by atoms with Gasteiger partial charge in [0.1, 0.15) is 11.3 Å². The van der Waals surface area contributed by atoms with Gasteiger partial charge in [0.15, 0.2) is 0 Å². The molecule has 2 aromatic heterocycles. The zero-order valence-electron chi connectivity index (χ0n) is 13.8. The van der Waals surface area contributed by atoms with E-state index in [1.165, 1.54) is 0 Å². The topological polar surface area (TPSA) is 37.6 Å². The van der Waals surface area contributed by atoms with E-state index in [9.17, 15) is 4.79 Å². The van der Waals surface area contributed by atoms with Gasteiger partial charge in [-0.15, -0.1) is 0 Å². The Hall–Kier alpha value is -2.62. The molecule has 0 radical (unpaired) electrons. The highest BCUT2D eigenvalue weighted by molar-refractivity contribution is 5.94. The highest BCUT2D eigenvalue weighted by atomic mass is 16.2. The zero-order valence-corrected chi connectivity index (χ0v) is 13.8. The Balaban J connectivity index is 1.98. The second kappa shape index (κ2) is 6.24. The maximum Gasteiger partial charge on any atom is 0.273 e. The number of fused-ring (bicyclic) bond motifs is 1. The van der Waals surface area contributed by atoms with Crippen LogP contribution in [0.25, 0.3) is 5.65 Å². The fraction of sp³-hybridized carbons (Fsp3) is 0.263. The highest BCUT2D eigenvalue weighted by Crippen LogP contribution is 2.18. The maximum absolute atomic E-state index is 13.1. The van der Waals surface area contributed by atoms with Crippen molar-refractivity contribution < 1.29 is 4.79 Å². The minimum atomic E-state index is 0.0203. The summed E-state index contributed by atoms with van der Waals surface area (Å²) in [5.41, 5.74) is 4.48. The van der Waals surface area contributed by atoms with Gasteiger partial charge in [-0.05, 0) is 38.0 Å². The summed E-state index contributed by atoms with van der Waals surface area (Å²) in [6.07, 6.45) is 1.91. The lowest BCUT2D eigenvalue weighted by atomic mass is 10.2. The average molecular weight is 307 g/mol. The van der Waals surface area contributed by atoms with Crippen LogP contribution in [0.15, 0.2) is 48.7 Å². The molecule has 0 N–H and O–H groups in total. The highest BCUT2D eigenvalue weighted by Gasteiger charge is 2.22. The second-order valence-corrected chi connectivity index (χ2v) is 5.74. The van der Waals surface area contributed by atoms with Crippen molar-refractivity contribution in [2.45, 2.75) is 27.3 Å². The lowest BCUT2D eigenvalue weighted by Crippen LogP contribution is -2.31. The van der Waals surface area contributed by atoms with Crippen LogP contribution in [0.1, 0.15) is 34.2 Å². The smallest absolute Gasteiger partial charge is 0.273 e. The molecule has 0 saturated heterocycles. The van der Waals surface area contributed by atoms with Crippen molar-refractivity contribution in [2.75, 3.05) is 6.54 Å². The van der Waals surface area contributed by atoms with Crippen LogP contribution < -0.4 is 0 Å². The van der Waals surface area contributed by atoms with Gasteiger partial charge in [-0.2, -0.15) is 0 Å². The SMILES string of the molecule is CCN(Cc1ccccc1)C(=O)c1c(C)nc2c(C)cccn12. The molecule has 2 heterocycles. The van der Waals surface area contributed by atoms with E-state index in [0.717, 1.165) is 22.5 Å². The fourth-order valence-electron chi connectivity index (χ4n) is 2.86. The van der Waals surface area contributed by atoms with Crippen molar-refractivity contribution in [1.82, 2.24) is 14.3 Å². The number of nitrogens with zero attached hydrogens (tertiary/aromatic N) is 3. The Morgan fingerprint density at radius 1 is 1.13 bits per heavy atom. The Bertz CT molecular complexity index is 836. The molecular weight excluding hydrogens is 286 g/mol. The van der Waals surface area contributed by atoms with Crippen molar-refractivity contribution in [3.05, 3.63) is 71.2 Å². The van der Waals surface area contributed by atoms with Crippen LogP contribution in [0.4, 0.5) is 0 Å². The van der Waals surface area contributed by atoms with Crippen molar-refractivity contribution in [3.8, 4) is 0 Å². The molecule has 23 heavy (non-hydrogen) atoms. The predicted octanol–water partition coefficient (Wildman–Crippen LogP) is 3.61. The minimum Gasteiger partial charge on any atom is -0.333 e. The quantitative estimate of drug-likeness (QED) is 0.738. The fourth-order valence-corrected chi connectivity index (χ4v) is 2.86. The monoisotopic (exact) mass is 307 g/mol. The van der Waals surface area contributed by atoms with Crippen LogP contribution in [-0.2, 0) is 6.54 Å². The number of aromatic nitrogens is 2. The summed E-state index contributed by atoms with van der Waals surface area (Å²) in [7, 11) is 0. The summed E-state index contributed by atoms with van der Waals surface area (Å²) >= 11 is 0. The molecule has 0 spiro atoms. The number of aryl methyl sites for hydroxylation is 2.